The predicted octanol–water partition coefficient (Wildman–Crippen LogP) is 2.77. The van der Waals surface area contributed by atoms with Crippen molar-refractivity contribution in [1.82, 2.24) is 10.6 Å². The molecule has 1 rings (SSSR count). The second-order valence-electron chi connectivity index (χ2n) is 5.79. The van der Waals surface area contributed by atoms with Gasteiger partial charge in [0.15, 0.2) is 5.96 Å². The van der Waals surface area contributed by atoms with Gasteiger partial charge in [0.2, 0.25) is 0 Å². The zero-order valence-electron chi connectivity index (χ0n) is 12.8. The van der Waals surface area contributed by atoms with Crippen molar-refractivity contribution in [3.8, 4) is 0 Å². The Bertz CT molecular complexity index is 263. The van der Waals surface area contributed by atoms with Crippen LogP contribution in [0.1, 0.15) is 46.5 Å². The lowest BCUT2D eigenvalue weighted by Crippen LogP contribution is -2.45. The van der Waals surface area contributed by atoms with Gasteiger partial charge in [-0.15, -0.1) is 24.0 Å². The first kappa shape index (κ1) is 19.0. The van der Waals surface area contributed by atoms with Gasteiger partial charge in [0.05, 0.1) is 5.60 Å². The van der Waals surface area contributed by atoms with Crippen LogP contribution < -0.4 is 10.6 Å². The maximum absolute atomic E-state index is 5.75. The fourth-order valence-electron chi connectivity index (χ4n) is 2.18. The van der Waals surface area contributed by atoms with Crippen LogP contribution in [0.25, 0.3) is 0 Å². The summed E-state index contributed by atoms with van der Waals surface area (Å²) in [6.45, 7) is 9.38. The van der Waals surface area contributed by atoms with Crippen molar-refractivity contribution >= 4 is 29.9 Å². The highest BCUT2D eigenvalue weighted by atomic mass is 127. The van der Waals surface area contributed by atoms with E-state index in [1.165, 1.54) is 19.3 Å². The highest BCUT2D eigenvalue weighted by molar-refractivity contribution is 14.0. The number of ether oxygens (including phenoxy) is 1. The molecule has 1 heterocycles. The molecule has 4 nitrogen and oxygen atoms in total. The molecule has 1 aliphatic heterocycles. The van der Waals surface area contributed by atoms with E-state index in [1.54, 1.807) is 0 Å². The Balaban J connectivity index is 0.00000324. The minimum Gasteiger partial charge on any atom is -0.373 e. The average molecular weight is 383 g/mol. The Kier molecular flexibility index (Phi) is 9.78. The third-order valence-corrected chi connectivity index (χ3v) is 3.40. The standard InChI is InChI=1S/C14H29N3O.HI/c1-12(2)7-5-9-16-13(15-4)17-11-14(3)8-6-10-18-14;/h12H,5-11H2,1-4H3,(H2,15,16,17);1H. The Labute approximate surface area is 135 Å². The molecule has 0 aromatic heterocycles. The summed E-state index contributed by atoms with van der Waals surface area (Å²) >= 11 is 0. The number of hydrogen-bond donors (Lipinski definition) is 2. The van der Waals surface area contributed by atoms with Gasteiger partial charge in [-0.1, -0.05) is 13.8 Å². The van der Waals surface area contributed by atoms with Crippen molar-refractivity contribution in [2.75, 3.05) is 26.7 Å². The molecule has 19 heavy (non-hydrogen) atoms. The van der Waals surface area contributed by atoms with E-state index in [9.17, 15) is 0 Å². The SMILES string of the molecule is CN=C(NCCCC(C)C)NCC1(C)CCCO1.I. The highest BCUT2D eigenvalue weighted by Gasteiger charge is 2.29. The number of nitrogens with one attached hydrogen (secondary N) is 2. The molecule has 1 atom stereocenters. The van der Waals surface area contributed by atoms with E-state index in [0.29, 0.717) is 0 Å². The molecule has 0 bridgehead atoms. The molecule has 2 N–H and O–H groups in total. The molecule has 5 heteroatoms. The zero-order valence-corrected chi connectivity index (χ0v) is 15.1. The molecule has 1 saturated heterocycles. The van der Waals surface area contributed by atoms with Gasteiger partial charge < -0.3 is 15.4 Å². The van der Waals surface area contributed by atoms with Crippen molar-refractivity contribution in [1.29, 1.82) is 0 Å². The van der Waals surface area contributed by atoms with Crippen molar-refractivity contribution < 1.29 is 4.74 Å². The maximum atomic E-state index is 5.75. The van der Waals surface area contributed by atoms with Crippen LogP contribution >= 0.6 is 24.0 Å². The van der Waals surface area contributed by atoms with E-state index in [2.05, 4.69) is 36.4 Å². The van der Waals surface area contributed by atoms with E-state index in [1.807, 2.05) is 7.05 Å². The molecule has 0 saturated carbocycles. The number of aliphatic imine (C=N–C) groups is 1. The summed E-state index contributed by atoms with van der Waals surface area (Å²) in [6, 6.07) is 0. The van der Waals surface area contributed by atoms with Crippen molar-refractivity contribution in [3.05, 3.63) is 0 Å². The molecule has 0 amide bonds. The molecule has 0 radical (unpaired) electrons. The number of halogens is 1. The minimum atomic E-state index is -0.0183. The second-order valence-corrected chi connectivity index (χ2v) is 5.79. The van der Waals surface area contributed by atoms with E-state index >= 15 is 0 Å². The molecule has 0 spiro atoms. The predicted molar refractivity (Wildman–Crippen MR) is 92.4 cm³/mol. The quantitative estimate of drug-likeness (QED) is 0.321. The fourth-order valence-corrected chi connectivity index (χ4v) is 2.18. The van der Waals surface area contributed by atoms with Gasteiger partial charge in [0, 0.05) is 26.7 Å². The lowest BCUT2D eigenvalue weighted by molar-refractivity contribution is 0.0243. The fraction of sp³-hybridized carbons (Fsp3) is 0.929. The van der Waals surface area contributed by atoms with E-state index in [0.717, 1.165) is 38.0 Å². The first-order valence-electron chi connectivity index (χ1n) is 7.14. The molecule has 0 aromatic carbocycles. The second kappa shape index (κ2) is 9.80. The van der Waals surface area contributed by atoms with Gasteiger partial charge in [-0.2, -0.15) is 0 Å². The summed E-state index contributed by atoms with van der Waals surface area (Å²) in [7, 11) is 1.82. The minimum absolute atomic E-state index is 0. The summed E-state index contributed by atoms with van der Waals surface area (Å²) < 4.78 is 5.75. The Morgan fingerprint density at radius 3 is 2.63 bits per heavy atom. The number of guanidine groups is 1. The van der Waals surface area contributed by atoms with Gasteiger partial charge in [0.1, 0.15) is 0 Å². The van der Waals surface area contributed by atoms with Gasteiger partial charge in [-0.3, -0.25) is 4.99 Å². The molecule has 0 aromatic rings. The van der Waals surface area contributed by atoms with Gasteiger partial charge in [0.25, 0.3) is 0 Å². The third-order valence-electron chi connectivity index (χ3n) is 3.40. The van der Waals surface area contributed by atoms with E-state index < -0.39 is 0 Å². The largest absolute Gasteiger partial charge is 0.373 e. The lowest BCUT2D eigenvalue weighted by Gasteiger charge is -2.24. The molecule has 1 unspecified atom stereocenters. The molecule has 1 aliphatic rings. The van der Waals surface area contributed by atoms with Crippen molar-refractivity contribution in [3.63, 3.8) is 0 Å². The van der Waals surface area contributed by atoms with Gasteiger partial charge >= 0.3 is 0 Å². The van der Waals surface area contributed by atoms with Gasteiger partial charge in [-0.25, -0.2) is 0 Å². The van der Waals surface area contributed by atoms with Crippen LogP contribution in [0.15, 0.2) is 4.99 Å². The smallest absolute Gasteiger partial charge is 0.191 e. The topological polar surface area (TPSA) is 45.7 Å². The average Bonchev–Trinajstić information content (AvgIpc) is 2.75. The molecule has 1 fully saturated rings. The molecule has 114 valence electrons. The third kappa shape index (κ3) is 7.97. The summed E-state index contributed by atoms with van der Waals surface area (Å²) in [5.41, 5.74) is -0.0183. The summed E-state index contributed by atoms with van der Waals surface area (Å²) in [6.07, 6.45) is 4.74. The molecular formula is C14H30IN3O. The Morgan fingerprint density at radius 1 is 1.37 bits per heavy atom. The molecular weight excluding hydrogens is 353 g/mol. The Morgan fingerprint density at radius 2 is 2.11 bits per heavy atom. The van der Waals surface area contributed by atoms with Crippen LogP contribution in [-0.4, -0.2) is 38.3 Å². The van der Waals surface area contributed by atoms with Crippen LogP contribution in [0, 0.1) is 5.92 Å². The van der Waals surface area contributed by atoms with Crippen LogP contribution in [0.3, 0.4) is 0 Å². The van der Waals surface area contributed by atoms with Crippen molar-refractivity contribution in [2.45, 2.75) is 52.1 Å². The monoisotopic (exact) mass is 383 g/mol. The summed E-state index contributed by atoms with van der Waals surface area (Å²) in [5, 5.41) is 6.70. The van der Waals surface area contributed by atoms with Crippen molar-refractivity contribution in [2.24, 2.45) is 10.9 Å². The van der Waals surface area contributed by atoms with Crippen LogP contribution in [0.2, 0.25) is 0 Å². The zero-order chi connectivity index (χ0) is 13.4. The van der Waals surface area contributed by atoms with Crippen LogP contribution in [0.4, 0.5) is 0 Å². The normalized spacial score (nSPS) is 23.3. The first-order valence-corrected chi connectivity index (χ1v) is 7.14. The van der Waals surface area contributed by atoms with Crippen LogP contribution in [-0.2, 0) is 4.74 Å². The van der Waals surface area contributed by atoms with E-state index in [4.69, 9.17) is 4.74 Å². The lowest BCUT2D eigenvalue weighted by atomic mass is 10.0. The summed E-state index contributed by atoms with van der Waals surface area (Å²) in [4.78, 5) is 4.24. The van der Waals surface area contributed by atoms with E-state index in [-0.39, 0.29) is 29.6 Å². The maximum Gasteiger partial charge on any atom is 0.191 e. The number of hydrogen-bond acceptors (Lipinski definition) is 2. The van der Waals surface area contributed by atoms with Crippen LogP contribution in [0.5, 0.6) is 0 Å². The Hall–Kier alpha value is -0.0400. The number of rotatable bonds is 6. The number of nitrogens with zero attached hydrogens (tertiary/aromatic N) is 1. The van der Waals surface area contributed by atoms with Gasteiger partial charge in [-0.05, 0) is 38.5 Å². The summed E-state index contributed by atoms with van der Waals surface area (Å²) in [5.74, 6) is 1.66. The molecule has 0 aliphatic carbocycles. The first-order chi connectivity index (χ1) is 8.56. The highest BCUT2D eigenvalue weighted by Crippen LogP contribution is 2.23.